The molecule has 0 aliphatic rings. The van der Waals surface area contributed by atoms with Crippen molar-refractivity contribution in [2.75, 3.05) is 0 Å². The lowest BCUT2D eigenvalue weighted by Crippen LogP contribution is -2.35. The zero-order chi connectivity index (χ0) is 11.5. The van der Waals surface area contributed by atoms with E-state index >= 15 is 0 Å². The van der Waals surface area contributed by atoms with Crippen LogP contribution in [0, 0.1) is 11.8 Å². The Balaban J connectivity index is 4.31. The summed E-state index contributed by atoms with van der Waals surface area (Å²) in [5, 5.41) is 18.0. The van der Waals surface area contributed by atoms with Gasteiger partial charge in [-0.25, -0.2) is 0 Å². The first kappa shape index (κ1) is 13.7. The van der Waals surface area contributed by atoms with Crippen molar-refractivity contribution in [2.24, 2.45) is 11.8 Å². The van der Waals surface area contributed by atoms with Gasteiger partial charge in [0, 0.05) is 0 Å². The average molecular weight is 214 g/mol. The van der Waals surface area contributed by atoms with Gasteiger partial charge in [0.15, 0.2) is 0 Å². The zero-order valence-electron chi connectivity index (χ0n) is 8.54. The van der Waals surface area contributed by atoms with Gasteiger partial charge in [0.25, 0.3) is 0 Å². The van der Waals surface area contributed by atoms with Gasteiger partial charge in [0.05, 0.1) is 6.10 Å². The first-order valence-electron chi connectivity index (χ1n) is 4.59. The fourth-order valence-corrected chi connectivity index (χ4v) is 1.42. The number of aliphatic hydroxyl groups excluding tert-OH is 2. The molecule has 0 amide bonds. The Morgan fingerprint density at radius 3 is 1.71 bits per heavy atom. The van der Waals surface area contributed by atoms with Crippen LogP contribution in [0.5, 0.6) is 0 Å². The molecular formula is C9H17F3O2. The molecule has 0 rings (SSSR count). The highest BCUT2D eigenvalue weighted by Gasteiger charge is 2.40. The van der Waals surface area contributed by atoms with Gasteiger partial charge in [-0.2, -0.15) is 13.2 Å². The third-order valence-corrected chi connectivity index (χ3v) is 2.35. The van der Waals surface area contributed by atoms with Crippen LogP contribution in [-0.2, 0) is 0 Å². The molecule has 0 aromatic carbocycles. The molecule has 86 valence electrons. The summed E-state index contributed by atoms with van der Waals surface area (Å²) in [6, 6.07) is 0. The third kappa shape index (κ3) is 4.28. The molecule has 2 nitrogen and oxygen atoms in total. The SMILES string of the molecule is CC(C)C(CC(O)C(F)(F)F)C(C)O. The van der Waals surface area contributed by atoms with Crippen molar-refractivity contribution in [3.8, 4) is 0 Å². The molecule has 5 heteroatoms. The van der Waals surface area contributed by atoms with Gasteiger partial charge >= 0.3 is 6.18 Å². The Morgan fingerprint density at radius 1 is 1.07 bits per heavy atom. The molecule has 0 saturated carbocycles. The van der Waals surface area contributed by atoms with E-state index in [9.17, 15) is 18.3 Å². The molecule has 0 aliphatic heterocycles. The molecule has 14 heavy (non-hydrogen) atoms. The lowest BCUT2D eigenvalue weighted by molar-refractivity contribution is -0.211. The van der Waals surface area contributed by atoms with Crippen molar-refractivity contribution in [1.29, 1.82) is 0 Å². The Kier molecular flexibility index (Phi) is 4.88. The van der Waals surface area contributed by atoms with Gasteiger partial charge < -0.3 is 10.2 Å². The fraction of sp³-hybridized carbons (Fsp3) is 1.00. The number of hydrogen-bond acceptors (Lipinski definition) is 2. The Bertz CT molecular complexity index is 158. The quantitative estimate of drug-likeness (QED) is 0.751. The predicted octanol–water partition coefficient (Wildman–Crippen LogP) is 1.95. The summed E-state index contributed by atoms with van der Waals surface area (Å²) >= 11 is 0. The number of aliphatic hydroxyl groups is 2. The predicted molar refractivity (Wildman–Crippen MR) is 46.7 cm³/mol. The minimum absolute atomic E-state index is 0.0907. The summed E-state index contributed by atoms with van der Waals surface area (Å²) in [5.41, 5.74) is 0. The number of rotatable bonds is 4. The molecule has 0 radical (unpaired) electrons. The van der Waals surface area contributed by atoms with E-state index in [0.717, 1.165) is 0 Å². The van der Waals surface area contributed by atoms with E-state index in [1.54, 1.807) is 13.8 Å². The number of halogens is 3. The molecule has 0 aliphatic carbocycles. The van der Waals surface area contributed by atoms with E-state index in [1.807, 2.05) is 0 Å². The standard InChI is InChI=1S/C9H17F3O2/c1-5(2)7(6(3)13)4-8(14)9(10,11)12/h5-8,13-14H,4H2,1-3H3. The third-order valence-electron chi connectivity index (χ3n) is 2.35. The van der Waals surface area contributed by atoms with Crippen LogP contribution in [0.3, 0.4) is 0 Å². The first-order chi connectivity index (χ1) is 6.16. The molecule has 0 spiro atoms. The highest BCUT2D eigenvalue weighted by molar-refractivity contribution is 4.76. The largest absolute Gasteiger partial charge is 0.414 e. The summed E-state index contributed by atoms with van der Waals surface area (Å²) in [4.78, 5) is 0. The summed E-state index contributed by atoms with van der Waals surface area (Å²) in [6.07, 6.45) is -8.22. The second kappa shape index (κ2) is 4.98. The van der Waals surface area contributed by atoms with Gasteiger partial charge in [-0.05, 0) is 25.2 Å². The molecule has 3 atom stereocenters. The number of alkyl halides is 3. The van der Waals surface area contributed by atoms with Gasteiger partial charge in [0.2, 0.25) is 0 Å². The van der Waals surface area contributed by atoms with Crippen molar-refractivity contribution in [3.05, 3.63) is 0 Å². The topological polar surface area (TPSA) is 40.5 Å². The van der Waals surface area contributed by atoms with Gasteiger partial charge in [-0.3, -0.25) is 0 Å². The van der Waals surface area contributed by atoms with E-state index < -0.39 is 30.7 Å². The van der Waals surface area contributed by atoms with Crippen LogP contribution in [0.25, 0.3) is 0 Å². The van der Waals surface area contributed by atoms with Gasteiger partial charge in [-0.15, -0.1) is 0 Å². The van der Waals surface area contributed by atoms with Crippen LogP contribution in [0.1, 0.15) is 27.2 Å². The summed E-state index contributed by atoms with van der Waals surface area (Å²) in [5.74, 6) is -0.626. The van der Waals surface area contributed by atoms with Crippen molar-refractivity contribution in [1.82, 2.24) is 0 Å². The molecule has 0 fully saturated rings. The van der Waals surface area contributed by atoms with Crippen molar-refractivity contribution in [3.63, 3.8) is 0 Å². The minimum atomic E-state index is -4.60. The van der Waals surface area contributed by atoms with E-state index in [0.29, 0.717) is 0 Å². The second-order valence-electron chi connectivity index (χ2n) is 3.94. The lowest BCUT2D eigenvalue weighted by atomic mass is 9.86. The van der Waals surface area contributed by atoms with Crippen molar-refractivity contribution < 1.29 is 23.4 Å². The average Bonchev–Trinajstić information content (AvgIpc) is 1.96. The molecule has 0 saturated heterocycles. The molecule has 2 N–H and O–H groups in total. The summed E-state index contributed by atoms with van der Waals surface area (Å²) in [7, 11) is 0. The smallest absolute Gasteiger partial charge is 0.393 e. The fourth-order valence-electron chi connectivity index (χ4n) is 1.42. The molecule has 3 unspecified atom stereocenters. The lowest BCUT2D eigenvalue weighted by Gasteiger charge is -2.27. The van der Waals surface area contributed by atoms with E-state index in [1.165, 1.54) is 6.92 Å². The maximum Gasteiger partial charge on any atom is 0.414 e. The van der Waals surface area contributed by atoms with Crippen LogP contribution >= 0.6 is 0 Å². The summed E-state index contributed by atoms with van der Waals surface area (Å²) < 4.78 is 36.0. The molecule has 0 aromatic heterocycles. The van der Waals surface area contributed by atoms with Crippen LogP contribution in [0.15, 0.2) is 0 Å². The Labute approximate surface area is 81.7 Å². The first-order valence-corrected chi connectivity index (χ1v) is 4.59. The van der Waals surface area contributed by atoms with E-state index in [2.05, 4.69) is 0 Å². The Hall–Kier alpha value is -0.290. The summed E-state index contributed by atoms with van der Waals surface area (Å²) in [6.45, 7) is 4.88. The van der Waals surface area contributed by atoms with Crippen LogP contribution in [-0.4, -0.2) is 28.6 Å². The maximum absolute atomic E-state index is 12.0. The van der Waals surface area contributed by atoms with Crippen LogP contribution in [0.2, 0.25) is 0 Å². The molecule has 0 bridgehead atoms. The van der Waals surface area contributed by atoms with Crippen LogP contribution < -0.4 is 0 Å². The van der Waals surface area contributed by atoms with E-state index in [-0.39, 0.29) is 5.92 Å². The maximum atomic E-state index is 12.0. The molecule has 0 aromatic rings. The second-order valence-corrected chi connectivity index (χ2v) is 3.94. The van der Waals surface area contributed by atoms with Crippen molar-refractivity contribution >= 4 is 0 Å². The molecule has 0 heterocycles. The minimum Gasteiger partial charge on any atom is -0.393 e. The highest BCUT2D eigenvalue weighted by atomic mass is 19.4. The Morgan fingerprint density at radius 2 is 1.50 bits per heavy atom. The number of hydrogen-bond donors (Lipinski definition) is 2. The highest BCUT2D eigenvalue weighted by Crippen LogP contribution is 2.29. The monoisotopic (exact) mass is 214 g/mol. The van der Waals surface area contributed by atoms with Crippen molar-refractivity contribution in [2.45, 2.75) is 45.6 Å². The van der Waals surface area contributed by atoms with E-state index in [4.69, 9.17) is 5.11 Å². The van der Waals surface area contributed by atoms with Crippen LogP contribution in [0.4, 0.5) is 13.2 Å². The van der Waals surface area contributed by atoms with Gasteiger partial charge in [-0.1, -0.05) is 13.8 Å². The zero-order valence-corrected chi connectivity index (χ0v) is 8.54. The normalized spacial score (nSPS) is 19.5. The van der Waals surface area contributed by atoms with Gasteiger partial charge in [0.1, 0.15) is 6.10 Å². The molecular weight excluding hydrogens is 197 g/mol.